The molecular formula is C12H17NO2S. The smallest absolute Gasteiger partial charge is 0.161 e. The summed E-state index contributed by atoms with van der Waals surface area (Å²) in [6, 6.07) is 4.05. The lowest BCUT2D eigenvalue weighted by molar-refractivity contribution is 0.171. The van der Waals surface area contributed by atoms with Crippen molar-refractivity contribution in [3.63, 3.8) is 0 Å². The fraction of sp³-hybridized carbons (Fsp3) is 0.500. The minimum absolute atomic E-state index is 0.0795. The van der Waals surface area contributed by atoms with Gasteiger partial charge in [0.25, 0.3) is 0 Å². The van der Waals surface area contributed by atoms with Crippen LogP contribution in [0.15, 0.2) is 12.1 Å². The predicted octanol–water partition coefficient (Wildman–Crippen LogP) is 2.26. The molecule has 0 spiro atoms. The fourth-order valence-electron chi connectivity index (χ4n) is 1.76. The third-order valence-corrected chi connectivity index (χ3v) is 3.44. The highest BCUT2D eigenvalue weighted by atomic mass is 32.1. The summed E-state index contributed by atoms with van der Waals surface area (Å²) in [5, 5.41) is 0.0795. The number of fused-ring (bicyclic) bond motifs is 1. The van der Waals surface area contributed by atoms with Crippen molar-refractivity contribution in [2.45, 2.75) is 12.3 Å². The summed E-state index contributed by atoms with van der Waals surface area (Å²) in [4.78, 5) is 2.06. The van der Waals surface area contributed by atoms with Gasteiger partial charge in [0.15, 0.2) is 11.5 Å². The second-order valence-electron chi connectivity index (χ2n) is 4.19. The van der Waals surface area contributed by atoms with Gasteiger partial charge in [-0.1, -0.05) is 0 Å². The summed E-state index contributed by atoms with van der Waals surface area (Å²) in [5.41, 5.74) is 2.34. The van der Waals surface area contributed by atoms with E-state index in [-0.39, 0.29) is 5.37 Å². The molecule has 1 unspecified atom stereocenters. The Kier molecular flexibility index (Phi) is 3.30. The van der Waals surface area contributed by atoms with Crippen LogP contribution in [0.1, 0.15) is 16.5 Å². The number of hydrogen-bond acceptors (Lipinski definition) is 4. The summed E-state index contributed by atoms with van der Waals surface area (Å²) in [6.07, 6.45) is 0. The second-order valence-corrected chi connectivity index (χ2v) is 4.68. The van der Waals surface area contributed by atoms with Crippen molar-refractivity contribution in [1.29, 1.82) is 0 Å². The van der Waals surface area contributed by atoms with E-state index in [1.54, 1.807) is 0 Å². The van der Waals surface area contributed by atoms with Gasteiger partial charge >= 0.3 is 0 Å². The number of aryl methyl sites for hydroxylation is 1. The molecule has 1 aromatic rings. The van der Waals surface area contributed by atoms with Crippen LogP contribution < -0.4 is 9.47 Å². The van der Waals surface area contributed by atoms with E-state index in [0.29, 0.717) is 13.2 Å². The Hall–Kier alpha value is -0.870. The van der Waals surface area contributed by atoms with Crippen LogP contribution in [-0.4, -0.2) is 32.2 Å². The molecule has 1 aliphatic heterocycles. The lowest BCUT2D eigenvalue weighted by atomic mass is 10.1. The number of benzene rings is 1. The van der Waals surface area contributed by atoms with Crippen LogP contribution in [0.25, 0.3) is 0 Å². The summed E-state index contributed by atoms with van der Waals surface area (Å²) >= 11 is 4.58. The minimum atomic E-state index is 0.0795. The first-order valence-corrected chi connectivity index (χ1v) is 5.86. The Morgan fingerprint density at radius 1 is 1.19 bits per heavy atom. The zero-order valence-corrected chi connectivity index (χ0v) is 10.8. The number of hydrogen-bond donors (Lipinski definition) is 1. The molecule has 0 fully saturated rings. The Morgan fingerprint density at radius 3 is 2.31 bits per heavy atom. The zero-order chi connectivity index (χ0) is 11.7. The van der Waals surface area contributed by atoms with Crippen molar-refractivity contribution in [3.8, 4) is 11.5 Å². The average molecular weight is 239 g/mol. The van der Waals surface area contributed by atoms with E-state index in [4.69, 9.17) is 9.47 Å². The molecule has 16 heavy (non-hydrogen) atoms. The lowest BCUT2D eigenvalue weighted by Crippen LogP contribution is -2.18. The normalized spacial score (nSPS) is 16.3. The van der Waals surface area contributed by atoms with Crippen molar-refractivity contribution in [2.75, 3.05) is 27.3 Å². The third-order valence-electron chi connectivity index (χ3n) is 2.70. The number of ether oxygens (including phenoxy) is 2. The molecule has 1 atom stereocenters. The van der Waals surface area contributed by atoms with Gasteiger partial charge in [0, 0.05) is 0 Å². The van der Waals surface area contributed by atoms with E-state index in [9.17, 15) is 0 Å². The molecule has 0 aromatic heterocycles. The van der Waals surface area contributed by atoms with Crippen LogP contribution in [0.5, 0.6) is 11.5 Å². The highest BCUT2D eigenvalue weighted by molar-refractivity contribution is 7.80. The first-order valence-electron chi connectivity index (χ1n) is 5.34. The molecule has 0 saturated carbocycles. The van der Waals surface area contributed by atoms with E-state index >= 15 is 0 Å². The van der Waals surface area contributed by atoms with Crippen molar-refractivity contribution in [3.05, 3.63) is 23.3 Å². The van der Waals surface area contributed by atoms with Gasteiger partial charge in [0.05, 0.1) is 5.37 Å². The van der Waals surface area contributed by atoms with Gasteiger partial charge in [-0.2, -0.15) is 12.6 Å². The van der Waals surface area contributed by atoms with Crippen molar-refractivity contribution in [1.82, 2.24) is 4.90 Å². The second kappa shape index (κ2) is 4.55. The Labute approximate surface area is 102 Å². The van der Waals surface area contributed by atoms with Crippen LogP contribution in [-0.2, 0) is 0 Å². The maximum Gasteiger partial charge on any atom is 0.161 e. The van der Waals surface area contributed by atoms with Crippen LogP contribution in [0.4, 0.5) is 0 Å². The molecule has 1 aromatic carbocycles. The summed E-state index contributed by atoms with van der Waals surface area (Å²) in [7, 11) is 4.02. The molecule has 0 amide bonds. The standard InChI is InChI=1S/C12H17NO2S/c1-8-6-10-11(15-5-4-14-10)7-9(8)12(16)13(2)3/h6-7,12,16H,4-5H2,1-3H3. The molecular weight excluding hydrogens is 222 g/mol. The predicted molar refractivity (Wildman–Crippen MR) is 67.6 cm³/mol. The molecule has 0 N–H and O–H groups in total. The highest BCUT2D eigenvalue weighted by Gasteiger charge is 2.18. The van der Waals surface area contributed by atoms with E-state index in [2.05, 4.69) is 24.5 Å². The van der Waals surface area contributed by atoms with Gasteiger partial charge in [-0.25, -0.2) is 0 Å². The fourth-order valence-corrected chi connectivity index (χ4v) is 2.04. The minimum Gasteiger partial charge on any atom is -0.486 e. The summed E-state index contributed by atoms with van der Waals surface area (Å²) < 4.78 is 11.1. The topological polar surface area (TPSA) is 21.7 Å². The molecule has 1 aliphatic rings. The van der Waals surface area contributed by atoms with Crippen LogP contribution >= 0.6 is 12.6 Å². The van der Waals surface area contributed by atoms with Gasteiger partial charge in [-0.05, 0) is 44.3 Å². The first kappa shape index (κ1) is 11.6. The van der Waals surface area contributed by atoms with Crippen molar-refractivity contribution in [2.24, 2.45) is 0 Å². The van der Waals surface area contributed by atoms with Gasteiger partial charge in [0.1, 0.15) is 13.2 Å². The molecule has 4 heteroatoms. The SMILES string of the molecule is Cc1cc2c(cc1C(S)N(C)C)OCCO2. The maximum absolute atomic E-state index is 5.57. The number of rotatable bonds is 2. The first-order chi connectivity index (χ1) is 7.59. The van der Waals surface area contributed by atoms with Crippen LogP contribution in [0.2, 0.25) is 0 Å². The maximum atomic E-state index is 5.57. The average Bonchev–Trinajstić information content (AvgIpc) is 2.27. The van der Waals surface area contributed by atoms with E-state index < -0.39 is 0 Å². The van der Waals surface area contributed by atoms with Crippen LogP contribution in [0, 0.1) is 6.92 Å². The molecule has 0 aliphatic carbocycles. The zero-order valence-electron chi connectivity index (χ0n) is 9.86. The Morgan fingerprint density at radius 2 is 1.75 bits per heavy atom. The molecule has 0 saturated heterocycles. The van der Waals surface area contributed by atoms with Crippen LogP contribution in [0.3, 0.4) is 0 Å². The van der Waals surface area contributed by atoms with Crippen molar-refractivity contribution < 1.29 is 9.47 Å². The molecule has 0 radical (unpaired) electrons. The van der Waals surface area contributed by atoms with Gasteiger partial charge in [-0.15, -0.1) is 0 Å². The van der Waals surface area contributed by atoms with Gasteiger partial charge < -0.3 is 9.47 Å². The number of thiol groups is 1. The molecule has 0 bridgehead atoms. The third kappa shape index (κ3) is 2.13. The lowest BCUT2D eigenvalue weighted by Gasteiger charge is -2.25. The molecule has 2 rings (SSSR count). The summed E-state index contributed by atoms with van der Waals surface area (Å²) in [6.45, 7) is 3.32. The van der Waals surface area contributed by atoms with E-state index in [1.807, 2.05) is 26.2 Å². The van der Waals surface area contributed by atoms with Gasteiger partial charge in [-0.3, -0.25) is 4.90 Å². The molecule has 88 valence electrons. The van der Waals surface area contributed by atoms with Crippen molar-refractivity contribution >= 4 is 12.6 Å². The summed E-state index contributed by atoms with van der Waals surface area (Å²) in [5.74, 6) is 1.67. The number of nitrogens with zero attached hydrogens (tertiary/aromatic N) is 1. The van der Waals surface area contributed by atoms with E-state index in [1.165, 1.54) is 5.56 Å². The Balaban J connectivity index is 2.39. The highest BCUT2D eigenvalue weighted by Crippen LogP contribution is 2.37. The molecule has 1 heterocycles. The quantitative estimate of drug-likeness (QED) is 0.632. The molecule has 3 nitrogen and oxygen atoms in total. The largest absolute Gasteiger partial charge is 0.486 e. The van der Waals surface area contributed by atoms with Gasteiger partial charge in [0.2, 0.25) is 0 Å². The Bertz CT molecular complexity index is 393. The van der Waals surface area contributed by atoms with E-state index in [0.717, 1.165) is 17.1 Å². The monoisotopic (exact) mass is 239 g/mol.